The second kappa shape index (κ2) is 11.0. The van der Waals surface area contributed by atoms with Gasteiger partial charge in [-0.05, 0) is 51.0 Å². The molecule has 1 aliphatic heterocycles. The van der Waals surface area contributed by atoms with Crippen LogP contribution in [0.15, 0.2) is 12.5 Å². The molecule has 2 amide bonds. The van der Waals surface area contributed by atoms with Crippen molar-refractivity contribution in [3.8, 4) is 0 Å². The number of fused-ring (bicyclic) bond motifs is 1. The standard InChI is InChI=1S/C24H37N7O2/c1-17(2)8-12-31-21-7-6-18-13-20(21)23(29-31)24(33)26-9-4-11-30(10-3-5-22(32)28-18)15-19-14-25-16-27-19/h14,16-18H,3-13,15H2,1-2H3,(H,25,27)(H,26,33)(H,28,32). The highest BCUT2D eigenvalue weighted by Gasteiger charge is 2.30. The van der Waals surface area contributed by atoms with E-state index in [2.05, 4.69) is 39.3 Å². The Morgan fingerprint density at radius 2 is 2.03 bits per heavy atom. The zero-order valence-corrected chi connectivity index (χ0v) is 19.9. The van der Waals surface area contributed by atoms with Gasteiger partial charge in [0.2, 0.25) is 5.91 Å². The molecule has 2 aromatic heterocycles. The summed E-state index contributed by atoms with van der Waals surface area (Å²) in [6, 6.07) is 0.0607. The zero-order valence-electron chi connectivity index (χ0n) is 19.9. The van der Waals surface area contributed by atoms with E-state index in [0.29, 0.717) is 31.0 Å². The SMILES string of the molecule is CC(C)CCn1nc2c3c1CCC(C3)NC(=O)CCCN(Cc1cnc[nH]1)CCCNC2=O. The first-order chi connectivity index (χ1) is 16.0. The van der Waals surface area contributed by atoms with Gasteiger partial charge in [-0.3, -0.25) is 19.2 Å². The van der Waals surface area contributed by atoms with Crippen LogP contribution in [0, 0.1) is 5.92 Å². The minimum Gasteiger partial charge on any atom is -0.353 e. The van der Waals surface area contributed by atoms with Crippen LogP contribution in [0.3, 0.4) is 0 Å². The largest absolute Gasteiger partial charge is 0.353 e. The van der Waals surface area contributed by atoms with Crippen molar-refractivity contribution in [2.24, 2.45) is 5.92 Å². The summed E-state index contributed by atoms with van der Waals surface area (Å²) in [5, 5.41) is 11.0. The van der Waals surface area contributed by atoms with Crippen molar-refractivity contribution in [3.63, 3.8) is 0 Å². The first-order valence-electron chi connectivity index (χ1n) is 12.4. The summed E-state index contributed by atoms with van der Waals surface area (Å²) in [5.41, 5.74) is 3.78. The van der Waals surface area contributed by atoms with Gasteiger partial charge < -0.3 is 15.6 Å². The molecule has 9 heteroatoms. The molecule has 0 radical (unpaired) electrons. The summed E-state index contributed by atoms with van der Waals surface area (Å²) in [4.78, 5) is 35.3. The van der Waals surface area contributed by atoms with Gasteiger partial charge in [0.05, 0.1) is 6.33 Å². The molecule has 33 heavy (non-hydrogen) atoms. The van der Waals surface area contributed by atoms with E-state index >= 15 is 0 Å². The van der Waals surface area contributed by atoms with Crippen molar-refractivity contribution < 1.29 is 9.59 Å². The number of aryl methyl sites for hydroxylation is 1. The molecule has 1 atom stereocenters. The molecular weight excluding hydrogens is 418 g/mol. The lowest BCUT2D eigenvalue weighted by Crippen LogP contribution is -2.39. The number of imidazole rings is 1. The number of H-pyrrole nitrogens is 1. The predicted octanol–water partition coefficient (Wildman–Crippen LogP) is 2.04. The maximum absolute atomic E-state index is 13.1. The molecule has 1 aliphatic carbocycles. The second-order valence-corrected chi connectivity index (χ2v) is 9.75. The van der Waals surface area contributed by atoms with E-state index in [0.717, 1.165) is 69.5 Å². The van der Waals surface area contributed by atoms with Crippen molar-refractivity contribution in [2.45, 2.75) is 77.9 Å². The minimum absolute atomic E-state index is 0.0607. The van der Waals surface area contributed by atoms with Crippen LogP contribution in [-0.2, 0) is 30.7 Å². The monoisotopic (exact) mass is 455 g/mol. The molecule has 0 saturated heterocycles. The van der Waals surface area contributed by atoms with Crippen LogP contribution < -0.4 is 10.6 Å². The van der Waals surface area contributed by atoms with Crippen LogP contribution in [0.5, 0.6) is 0 Å². The molecule has 0 saturated carbocycles. The van der Waals surface area contributed by atoms with Gasteiger partial charge in [0.15, 0.2) is 5.69 Å². The van der Waals surface area contributed by atoms with Crippen LogP contribution in [0.1, 0.15) is 73.4 Å². The predicted molar refractivity (Wildman–Crippen MR) is 126 cm³/mol. The quantitative estimate of drug-likeness (QED) is 0.640. The summed E-state index contributed by atoms with van der Waals surface area (Å²) in [7, 11) is 0. The summed E-state index contributed by atoms with van der Waals surface area (Å²) in [5.74, 6) is 0.572. The van der Waals surface area contributed by atoms with Gasteiger partial charge in [-0.25, -0.2) is 4.98 Å². The molecule has 3 heterocycles. The van der Waals surface area contributed by atoms with Crippen molar-refractivity contribution in [1.82, 2.24) is 35.3 Å². The number of nitrogens with one attached hydrogen (secondary N) is 3. The number of hydrogen-bond acceptors (Lipinski definition) is 5. The van der Waals surface area contributed by atoms with Gasteiger partial charge in [0, 0.05) is 61.8 Å². The Bertz CT molecular complexity index is 935. The lowest BCUT2D eigenvalue weighted by molar-refractivity contribution is -0.122. The van der Waals surface area contributed by atoms with Crippen LogP contribution >= 0.6 is 0 Å². The molecule has 3 N–H and O–H groups in total. The Kier molecular flexibility index (Phi) is 7.80. The van der Waals surface area contributed by atoms with Crippen LogP contribution in [0.25, 0.3) is 0 Å². The van der Waals surface area contributed by atoms with E-state index in [1.807, 2.05) is 10.9 Å². The van der Waals surface area contributed by atoms with E-state index in [1.54, 1.807) is 6.33 Å². The lowest BCUT2D eigenvalue weighted by atomic mass is 9.91. The smallest absolute Gasteiger partial charge is 0.272 e. The van der Waals surface area contributed by atoms with Gasteiger partial charge in [-0.15, -0.1) is 0 Å². The fourth-order valence-electron chi connectivity index (χ4n) is 4.79. The second-order valence-electron chi connectivity index (χ2n) is 9.75. The van der Waals surface area contributed by atoms with Crippen LogP contribution in [-0.4, -0.2) is 62.1 Å². The number of nitrogens with zero attached hydrogens (tertiary/aromatic N) is 4. The first-order valence-corrected chi connectivity index (χ1v) is 12.4. The number of aromatic amines is 1. The fourth-order valence-corrected chi connectivity index (χ4v) is 4.79. The van der Waals surface area contributed by atoms with E-state index in [1.165, 1.54) is 5.69 Å². The Labute approximate surface area is 195 Å². The van der Waals surface area contributed by atoms with Crippen molar-refractivity contribution in [1.29, 1.82) is 0 Å². The van der Waals surface area contributed by atoms with Gasteiger partial charge in [0.25, 0.3) is 5.91 Å². The number of carbonyl (C=O) groups is 2. The third-order valence-electron chi connectivity index (χ3n) is 6.61. The van der Waals surface area contributed by atoms with E-state index in [-0.39, 0.29) is 17.9 Å². The Morgan fingerprint density at radius 1 is 1.18 bits per heavy atom. The number of rotatable bonds is 5. The highest BCUT2D eigenvalue weighted by Crippen LogP contribution is 2.26. The lowest BCUT2D eigenvalue weighted by Gasteiger charge is -2.25. The maximum atomic E-state index is 13.1. The maximum Gasteiger partial charge on any atom is 0.272 e. The van der Waals surface area contributed by atoms with E-state index in [9.17, 15) is 9.59 Å². The van der Waals surface area contributed by atoms with Gasteiger partial charge in [-0.2, -0.15) is 5.10 Å². The summed E-state index contributed by atoms with van der Waals surface area (Å²) in [6.07, 6.45) is 9.12. The molecule has 9 nitrogen and oxygen atoms in total. The van der Waals surface area contributed by atoms with E-state index in [4.69, 9.17) is 5.10 Å². The molecule has 2 aromatic rings. The summed E-state index contributed by atoms with van der Waals surface area (Å²) in [6.45, 7) is 8.26. The first kappa shape index (κ1) is 23.5. The molecule has 0 spiro atoms. The molecule has 4 rings (SSSR count). The zero-order chi connectivity index (χ0) is 23.2. The molecule has 2 aliphatic rings. The van der Waals surface area contributed by atoms with Crippen molar-refractivity contribution in [3.05, 3.63) is 35.2 Å². The highest BCUT2D eigenvalue weighted by molar-refractivity contribution is 5.94. The van der Waals surface area contributed by atoms with Gasteiger partial charge >= 0.3 is 0 Å². The fraction of sp³-hybridized carbons (Fsp3) is 0.667. The minimum atomic E-state index is -0.100. The third-order valence-corrected chi connectivity index (χ3v) is 6.61. The molecule has 0 fully saturated rings. The van der Waals surface area contributed by atoms with E-state index < -0.39 is 0 Å². The normalized spacial score (nSPS) is 20.8. The number of aromatic nitrogens is 4. The Hall–Kier alpha value is -2.68. The Morgan fingerprint density at radius 3 is 2.82 bits per heavy atom. The topological polar surface area (TPSA) is 108 Å². The molecule has 180 valence electrons. The van der Waals surface area contributed by atoms with Crippen molar-refractivity contribution in [2.75, 3.05) is 19.6 Å². The highest BCUT2D eigenvalue weighted by atomic mass is 16.2. The summed E-state index contributed by atoms with van der Waals surface area (Å²) < 4.78 is 2.04. The van der Waals surface area contributed by atoms with Crippen molar-refractivity contribution >= 4 is 11.8 Å². The average molecular weight is 456 g/mol. The average Bonchev–Trinajstić information content (AvgIpc) is 3.42. The number of hydrogen-bond donors (Lipinski definition) is 3. The van der Waals surface area contributed by atoms with Gasteiger partial charge in [-0.1, -0.05) is 13.8 Å². The number of carbonyl (C=O) groups excluding carboxylic acids is 2. The third kappa shape index (κ3) is 6.22. The molecule has 0 aromatic carbocycles. The molecule has 1 unspecified atom stereocenters. The van der Waals surface area contributed by atoms with Gasteiger partial charge in [0.1, 0.15) is 0 Å². The summed E-state index contributed by atoms with van der Waals surface area (Å²) >= 11 is 0. The van der Waals surface area contributed by atoms with Crippen LogP contribution in [0.2, 0.25) is 0 Å². The molecular formula is C24H37N7O2. The Balaban J connectivity index is 1.50. The number of amides is 2. The van der Waals surface area contributed by atoms with Crippen LogP contribution in [0.4, 0.5) is 0 Å². The molecule has 2 bridgehead atoms.